The summed E-state index contributed by atoms with van der Waals surface area (Å²) in [5.41, 5.74) is 3.76. The molecule has 2 heteroatoms. The van der Waals surface area contributed by atoms with Crippen molar-refractivity contribution in [3.8, 4) is 5.75 Å². The molecular weight excluding hydrogens is 174 g/mol. The molecule has 14 heavy (non-hydrogen) atoms. The lowest BCUT2D eigenvalue weighted by molar-refractivity contribution is 0.269. The summed E-state index contributed by atoms with van der Waals surface area (Å²) >= 11 is 0. The lowest BCUT2D eigenvalue weighted by atomic mass is 9.86. The van der Waals surface area contributed by atoms with E-state index in [1.807, 2.05) is 0 Å². The van der Waals surface area contributed by atoms with Crippen LogP contribution in [0.1, 0.15) is 29.9 Å². The molecule has 1 aromatic rings. The van der Waals surface area contributed by atoms with Gasteiger partial charge in [0.15, 0.2) is 0 Å². The van der Waals surface area contributed by atoms with E-state index in [2.05, 4.69) is 30.3 Å². The van der Waals surface area contributed by atoms with E-state index < -0.39 is 0 Å². The van der Waals surface area contributed by atoms with Crippen molar-refractivity contribution in [2.75, 3.05) is 6.61 Å². The molecule has 0 bridgehead atoms. The van der Waals surface area contributed by atoms with Crippen LogP contribution in [-0.2, 0) is 0 Å². The third-order valence-electron chi connectivity index (χ3n) is 3.12. The molecule has 0 radical (unpaired) electrons. The van der Waals surface area contributed by atoms with Gasteiger partial charge in [-0.15, -0.1) is 0 Å². The van der Waals surface area contributed by atoms with Crippen molar-refractivity contribution in [1.29, 1.82) is 0 Å². The molecule has 2 aliphatic rings. The van der Waals surface area contributed by atoms with E-state index in [-0.39, 0.29) is 0 Å². The van der Waals surface area contributed by atoms with Crippen LogP contribution >= 0.6 is 0 Å². The summed E-state index contributed by atoms with van der Waals surface area (Å²) in [6.45, 7) is 2.97. The Labute approximate surface area is 83.6 Å². The topological polar surface area (TPSA) is 21.6 Å². The summed E-state index contributed by atoms with van der Waals surface area (Å²) in [5.74, 6) is 1.70. The molecule has 2 aliphatic heterocycles. The highest BCUT2D eigenvalue weighted by molar-refractivity contribution is 5.74. The molecule has 2 heterocycles. The van der Waals surface area contributed by atoms with Crippen LogP contribution in [0.2, 0.25) is 0 Å². The zero-order valence-corrected chi connectivity index (χ0v) is 8.29. The summed E-state index contributed by atoms with van der Waals surface area (Å²) in [5, 5.41) is 0. The van der Waals surface area contributed by atoms with Gasteiger partial charge in [-0.3, -0.25) is 4.99 Å². The number of benzene rings is 1. The third kappa shape index (κ3) is 0.999. The van der Waals surface area contributed by atoms with E-state index >= 15 is 0 Å². The van der Waals surface area contributed by atoms with Gasteiger partial charge < -0.3 is 4.74 Å². The van der Waals surface area contributed by atoms with Crippen molar-refractivity contribution >= 4 is 11.9 Å². The van der Waals surface area contributed by atoms with E-state index in [0.29, 0.717) is 5.92 Å². The molecule has 0 N–H and O–H groups in total. The minimum absolute atomic E-state index is 0.645. The van der Waals surface area contributed by atoms with Crippen LogP contribution in [0, 0.1) is 6.92 Å². The van der Waals surface area contributed by atoms with Gasteiger partial charge >= 0.3 is 0 Å². The zero-order chi connectivity index (χ0) is 9.54. The predicted molar refractivity (Wildman–Crippen MR) is 56.8 cm³/mol. The van der Waals surface area contributed by atoms with Gasteiger partial charge in [0.1, 0.15) is 5.75 Å². The lowest BCUT2D eigenvalue weighted by Crippen LogP contribution is -2.17. The van der Waals surface area contributed by atoms with E-state index in [1.165, 1.54) is 11.1 Å². The van der Waals surface area contributed by atoms with Gasteiger partial charge in [-0.25, -0.2) is 0 Å². The van der Waals surface area contributed by atoms with Crippen LogP contribution in [-0.4, -0.2) is 12.8 Å². The number of hydrogen-bond donors (Lipinski definition) is 0. The summed E-state index contributed by atoms with van der Waals surface area (Å²) in [4.78, 5) is 4.48. The van der Waals surface area contributed by atoms with E-state index in [0.717, 1.165) is 30.9 Å². The SMILES string of the molecule is Cc1ccc2c3c1N=CC[C@@H]3CCO2. The first-order valence-electron chi connectivity index (χ1n) is 5.15. The van der Waals surface area contributed by atoms with Gasteiger partial charge in [-0.2, -0.15) is 0 Å². The Bertz CT molecular complexity index is 409. The second-order valence-corrected chi connectivity index (χ2v) is 4.02. The molecule has 0 saturated carbocycles. The van der Waals surface area contributed by atoms with Gasteiger partial charge in [0, 0.05) is 11.8 Å². The number of aliphatic imine (C=N–C) groups is 1. The molecule has 3 rings (SSSR count). The second kappa shape index (κ2) is 2.84. The van der Waals surface area contributed by atoms with Crippen molar-refractivity contribution in [1.82, 2.24) is 0 Å². The Morgan fingerprint density at radius 1 is 1.43 bits per heavy atom. The third-order valence-corrected chi connectivity index (χ3v) is 3.12. The summed E-state index contributed by atoms with van der Waals surface area (Å²) < 4.78 is 5.65. The fraction of sp³-hybridized carbons (Fsp3) is 0.417. The number of ether oxygens (including phenoxy) is 1. The summed E-state index contributed by atoms with van der Waals surface area (Å²) in [6, 6.07) is 4.18. The summed E-state index contributed by atoms with van der Waals surface area (Å²) in [6.07, 6.45) is 4.26. The van der Waals surface area contributed by atoms with Crippen LogP contribution in [0.5, 0.6) is 5.75 Å². The molecule has 72 valence electrons. The smallest absolute Gasteiger partial charge is 0.124 e. The molecule has 0 unspecified atom stereocenters. The minimum Gasteiger partial charge on any atom is -0.493 e. The number of aryl methyl sites for hydroxylation is 1. The van der Waals surface area contributed by atoms with Crippen LogP contribution < -0.4 is 4.74 Å². The Morgan fingerprint density at radius 3 is 3.29 bits per heavy atom. The van der Waals surface area contributed by atoms with Gasteiger partial charge in [0.05, 0.1) is 12.3 Å². The number of nitrogens with zero attached hydrogens (tertiary/aromatic N) is 1. The Balaban J connectivity index is 2.28. The van der Waals surface area contributed by atoms with Gasteiger partial charge in [0.25, 0.3) is 0 Å². The highest BCUT2D eigenvalue weighted by atomic mass is 16.5. The first-order chi connectivity index (χ1) is 6.86. The van der Waals surface area contributed by atoms with E-state index in [4.69, 9.17) is 4.74 Å². The average Bonchev–Trinajstić information content (AvgIpc) is 2.24. The van der Waals surface area contributed by atoms with Crippen molar-refractivity contribution in [2.24, 2.45) is 4.99 Å². The highest BCUT2D eigenvalue weighted by Gasteiger charge is 2.26. The predicted octanol–water partition coefficient (Wildman–Crippen LogP) is 2.97. The van der Waals surface area contributed by atoms with Crippen molar-refractivity contribution < 1.29 is 4.74 Å². The Kier molecular flexibility index (Phi) is 1.63. The molecule has 0 spiro atoms. The molecule has 1 atom stereocenters. The monoisotopic (exact) mass is 187 g/mol. The van der Waals surface area contributed by atoms with Crippen molar-refractivity contribution in [3.63, 3.8) is 0 Å². The maximum atomic E-state index is 5.65. The Hall–Kier alpha value is -1.31. The molecule has 1 aromatic carbocycles. The Morgan fingerprint density at radius 2 is 2.36 bits per heavy atom. The van der Waals surface area contributed by atoms with E-state index in [9.17, 15) is 0 Å². The maximum absolute atomic E-state index is 5.65. The first-order valence-corrected chi connectivity index (χ1v) is 5.15. The number of rotatable bonds is 0. The quantitative estimate of drug-likeness (QED) is 0.612. The van der Waals surface area contributed by atoms with Crippen LogP contribution in [0.4, 0.5) is 5.69 Å². The van der Waals surface area contributed by atoms with Gasteiger partial charge in [-0.1, -0.05) is 6.07 Å². The van der Waals surface area contributed by atoms with Gasteiger partial charge in [0.2, 0.25) is 0 Å². The van der Waals surface area contributed by atoms with Gasteiger partial charge in [-0.05, 0) is 37.3 Å². The average molecular weight is 187 g/mol. The van der Waals surface area contributed by atoms with Crippen LogP contribution in [0.15, 0.2) is 17.1 Å². The molecular formula is C12H13NO. The zero-order valence-electron chi connectivity index (χ0n) is 8.29. The second-order valence-electron chi connectivity index (χ2n) is 4.02. The maximum Gasteiger partial charge on any atom is 0.124 e. The molecule has 0 aromatic heterocycles. The molecule has 2 nitrogen and oxygen atoms in total. The van der Waals surface area contributed by atoms with Crippen molar-refractivity contribution in [3.05, 3.63) is 23.3 Å². The number of hydrogen-bond acceptors (Lipinski definition) is 2. The fourth-order valence-corrected chi connectivity index (χ4v) is 2.35. The lowest BCUT2D eigenvalue weighted by Gasteiger charge is -2.29. The van der Waals surface area contributed by atoms with Crippen molar-refractivity contribution in [2.45, 2.75) is 25.7 Å². The highest BCUT2D eigenvalue weighted by Crippen LogP contribution is 2.45. The standard InChI is InChI=1S/C12H13NO/c1-8-2-3-10-11-9(5-7-14-10)4-6-13-12(8)11/h2-3,6,9H,4-5,7H2,1H3/t9-/m1/s1. The molecule has 0 amide bonds. The normalized spacial score (nSPS) is 22.8. The molecule has 0 fully saturated rings. The largest absolute Gasteiger partial charge is 0.493 e. The molecule has 0 saturated heterocycles. The minimum atomic E-state index is 0.645. The molecule has 0 aliphatic carbocycles. The van der Waals surface area contributed by atoms with E-state index in [1.54, 1.807) is 0 Å². The van der Waals surface area contributed by atoms with Crippen LogP contribution in [0.3, 0.4) is 0 Å². The van der Waals surface area contributed by atoms with Crippen LogP contribution in [0.25, 0.3) is 0 Å². The fourth-order valence-electron chi connectivity index (χ4n) is 2.35. The summed E-state index contributed by atoms with van der Waals surface area (Å²) in [7, 11) is 0. The first kappa shape index (κ1) is 8.04.